The van der Waals surface area contributed by atoms with Gasteiger partial charge in [-0.2, -0.15) is 5.10 Å². The summed E-state index contributed by atoms with van der Waals surface area (Å²) in [5, 5.41) is 8.20. The summed E-state index contributed by atoms with van der Waals surface area (Å²) in [6.07, 6.45) is 10.1. The Kier molecular flexibility index (Phi) is 2.51. The quantitative estimate of drug-likeness (QED) is 0.819. The molecule has 16 heavy (non-hydrogen) atoms. The second-order valence-electron chi connectivity index (χ2n) is 5.67. The number of hydrogen-bond donors (Lipinski definition) is 1. The summed E-state index contributed by atoms with van der Waals surface area (Å²) < 4.78 is 1.91. The summed E-state index contributed by atoms with van der Waals surface area (Å²) in [5.41, 5.74) is 1.79. The minimum Gasteiger partial charge on any atom is -0.313 e. The lowest BCUT2D eigenvalue weighted by atomic mass is 9.66. The molecule has 2 aliphatic rings. The first-order valence-electron chi connectivity index (χ1n) is 6.48. The number of aryl methyl sites for hydroxylation is 1. The second kappa shape index (κ2) is 3.88. The van der Waals surface area contributed by atoms with Gasteiger partial charge in [-0.05, 0) is 43.6 Å². The Bertz CT molecular complexity index is 361. The van der Waals surface area contributed by atoms with Crippen LogP contribution in [0.1, 0.15) is 37.8 Å². The summed E-state index contributed by atoms with van der Waals surface area (Å²) in [6.45, 7) is 1.20. The monoisotopic (exact) mass is 219 g/mol. The van der Waals surface area contributed by atoms with Crippen LogP contribution in [0, 0.1) is 5.41 Å². The highest BCUT2D eigenvalue weighted by atomic mass is 15.2. The summed E-state index contributed by atoms with van der Waals surface area (Å²) >= 11 is 0. The predicted molar refractivity (Wildman–Crippen MR) is 64.2 cm³/mol. The van der Waals surface area contributed by atoms with E-state index >= 15 is 0 Å². The van der Waals surface area contributed by atoms with E-state index in [0.717, 1.165) is 12.5 Å². The molecule has 0 atom stereocenters. The lowest BCUT2D eigenvalue weighted by Crippen LogP contribution is -2.42. The Morgan fingerprint density at radius 3 is 2.81 bits per heavy atom. The van der Waals surface area contributed by atoms with Crippen LogP contribution in [0.5, 0.6) is 0 Å². The van der Waals surface area contributed by atoms with Gasteiger partial charge < -0.3 is 5.32 Å². The SMILES string of the molecule is Cn1ccc(CC2(CNC3CC3)CCC2)n1. The van der Waals surface area contributed by atoms with Gasteiger partial charge in [0, 0.05) is 25.8 Å². The van der Waals surface area contributed by atoms with Gasteiger partial charge in [0.05, 0.1) is 5.69 Å². The van der Waals surface area contributed by atoms with E-state index in [2.05, 4.69) is 22.7 Å². The molecule has 2 fully saturated rings. The van der Waals surface area contributed by atoms with E-state index in [1.54, 1.807) is 0 Å². The summed E-state index contributed by atoms with van der Waals surface area (Å²) in [5.74, 6) is 0. The van der Waals surface area contributed by atoms with Crippen LogP contribution in [-0.4, -0.2) is 22.4 Å². The Morgan fingerprint density at radius 2 is 2.31 bits per heavy atom. The van der Waals surface area contributed by atoms with Crippen molar-refractivity contribution >= 4 is 0 Å². The van der Waals surface area contributed by atoms with E-state index in [4.69, 9.17) is 0 Å². The Morgan fingerprint density at radius 1 is 1.50 bits per heavy atom. The molecule has 3 heteroatoms. The first-order valence-corrected chi connectivity index (χ1v) is 6.48. The highest BCUT2D eigenvalue weighted by Crippen LogP contribution is 2.43. The molecule has 2 aliphatic carbocycles. The molecule has 0 radical (unpaired) electrons. The van der Waals surface area contributed by atoms with Gasteiger partial charge in [-0.1, -0.05) is 6.42 Å². The van der Waals surface area contributed by atoms with Crippen LogP contribution in [0.25, 0.3) is 0 Å². The normalized spacial score (nSPS) is 23.1. The van der Waals surface area contributed by atoms with Gasteiger partial charge in [0.25, 0.3) is 0 Å². The maximum Gasteiger partial charge on any atom is 0.0630 e. The van der Waals surface area contributed by atoms with Crippen molar-refractivity contribution in [2.24, 2.45) is 12.5 Å². The lowest BCUT2D eigenvalue weighted by molar-refractivity contribution is 0.128. The van der Waals surface area contributed by atoms with Crippen LogP contribution in [0.4, 0.5) is 0 Å². The first-order chi connectivity index (χ1) is 7.76. The van der Waals surface area contributed by atoms with Crippen LogP contribution in [0.3, 0.4) is 0 Å². The Balaban J connectivity index is 1.60. The first kappa shape index (κ1) is 10.3. The molecule has 88 valence electrons. The molecule has 0 saturated heterocycles. The largest absolute Gasteiger partial charge is 0.313 e. The minimum absolute atomic E-state index is 0.525. The van der Waals surface area contributed by atoms with E-state index in [-0.39, 0.29) is 0 Å². The average Bonchev–Trinajstić information content (AvgIpc) is 2.95. The maximum atomic E-state index is 4.51. The molecule has 1 heterocycles. The van der Waals surface area contributed by atoms with Crippen LogP contribution >= 0.6 is 0 Å². The molecule has 2 saturated carbocycles. The van der Waals surface area contributed by atoms with Gasteiger partial charge in [0.2, 0.25) is 0 Å². The molecule has 0 aliphatic heterocycles. The standard InChI is InChI=1S/C13H21N3/c1-16-8-5-12(15-16)9-13(6-2-7-13)10-14-11-3-4-11/h5,8,11,14H,2-4,6-7,9-10H2,1H3. The molecule has 0 spiro atoms. The zero-order valence-electron chi connectivity index (χ0n) is 10.1. The average molecular weight is 219 g/mol. The van der Waals surface area contributed by atoms with Crippen LogP contribution in [0.2, 0.25) is 0 Å². The van der Waals surface area contributed by atoms with Crippen molar-refractivity contribution in [2.45, 2.75) is 44.6 Å². The molecule has 0 amide bonds. The molecule has 1 aromatic heterocycles. The highest BCUT2D eigenvalue weighted by Gasteiger charge is 2.38. The summed E-state index contributed by atoms with van der Waals surface area (Å²) in [6, 6.07) is 3.00. The topological polar surface area (TPSA) is 29.9 Å². The molecule has 3 nitrogen and oxygen atoms in total. The van der Waals surface area contributed by atoms with Crippen LogP contribution < -0.4 is 5.32 Å². The van der Waals surface area contributed by atoms with E-state index in [9.17, 15) is 0 Å². The van der Waals surface area contributed by atoms with Crippen molar-refractivity contribution < 1.29 is 0 Å². The van der Waals surface area contributed by atoms with Gasteiger partial charge in [-0.3, -0.25) is 4.68 Å². The van der Waals surface area contributed by atoms with E-state index in [1.807, 2.05) is 11.7 Å². The minimum atomic E-state index is 0.525. The van der Waals surface area contributed by atoms with Crippen molar-refractivity contribution in [3.8, 4) is 0 Å². The van der Waals surface area contributed by atoms with Gasteiger partial charge in [0.1, 0.15) is 0 Å². The fourth-order valence-corrected chi connectivity index (χ4v) is 2.68. The fourth-order valence-electron chi connectivity index (χ4n) is 2.68. The zero-order chi connectivity index (χ0) is 11.0. The van der Waals surface area contributed by atoms with Crippen molar-refractivity contribution in [3.05, 3.63) is 18.0 Å². The van der Waals surface area contributed by atoms with Gasteiger partial charge in [-0.15, -0.1) is 0 Å². The smallest absolute Gasteiger partial charge is 0.0630 e. The third-order valence-corrected chi connectivity index (χ3v) is 4.08. The highest BCUT2D eigenvalue weighted by molar-refractivity contribution is 5.06. The molecular formula is C13H21N3. The Labute approximate surface area is 97.2 Å². The van der Waals surface area contributed by atoms with E-state index in [0.29, 0.717) is 5.41 Å². The Hall–Kier alpha value is -0.830. The molecule has 0 aromatic carbocycles. The second-order valence-corrected chi connectivity index (χ2v) is 5.67. The van der Waals surface area contributed by atoms with E-state index in [1.165, 1.54) is 44.3 Å². The van der Waals surface area contributed by atoms with Crippen LogP contribution in [0.15, 0.2) is 12.3 Å². The van der Waals surface area contributed by atoms with Crippen molar-refractivity contribution in [3.63, 3.8) is 0 Å². The zero-order valence-corrected chi connectivity index (χ0v) is 10.1. The number of aromatic nitrogens is 2. The van der Waals surface area contributed by atoms with Gasteiger partial charge in [0.15, 0.2) is 0 Å². The number of nitrogens with zero attached hydrogens (tertiary/aromatic N) is 2. The van der Waals surface area contributed by atoms with Crippen molar-refractivity contribution in [2.75, 3.05) is 6.54 Å². The molecular weight excluding hydrogens is 198 g/mol. The van der Waals surface area contributed by atoms with Crippen molar-refractivity contribution in [1.29, 1.82) is 0 Å². The predicted octanol–water partition coefficient (Wildman–Crippen LogP) is 1.88. The maximum absolute atomic E-state index is 4.51. The van der Waals surface area contributed by atoms with Gasteiger partial charge in [-0.25, -0.2) is 0 Å². The number of rotatable bonds is 5. The third kappa shape index (κ3) is 2.14. The number of hydrogen-bond acceptors (Lipinski definition) is 2. The van der Waals surface area contributed by atoms with Gasteiger partial charge >= 0.3 is 0 Å². The summed E-state index contributed by atoms with van der Waals surface area (Å²) in [7, 11) is 2.00. The molecule has 1 N–H and O–H groups in total. The van der Waals surface area contributed by atoms with Crippen LogP contribution in [-0.2, 0) is 13.5 Å². The summed E-state index contributed by atoms with van der Waals surface area (Å²) in [4.78, 5) is 0. The lowest BCUT2D eigenvalue weighted by Gasteiger charge is -2.42. The molecule has 1 aromatic rings. The van der Waals surface area contributed by atoms with E-state index < -0.39 is 0 Å². The number of nitrogens with one attached hydrogen (secondary N) is 1. The molecule has 0 bridgehead atoms. The molecule has 3 rings (SSSR count). The molecule has 0 unspecified atom stereocenters. The fraction of sp³-hybridized carbons (Fsp3) is 0.769. The van der Waals surface area contributed by atoms with Crippen molar-refractivity contribution in [1.82, 2.24) is 15.1 Å². The third-order valence-electron chi connectivity index (χ3n) is 4.08.